The highest BCUT2D eigenvalue weighted by molar-refractivity contribution is 5.65. The lowest BCUT2D eigenvalue weighted by Crippen LogP contribution is -2.13. The van der Waals surface area contributed by atoms with Crippen LogP contribution < -0.4 is 4.74 Å². The Morgan fingerprint density at radius 1 is 0.750 bits per heavy atom. The molecular formula is C31H34F4O. The molecule has 1 aliphatic carbocycles. The van der Waals surface area contributed by atoms with Crippen molar-refractivity contribution in [3.05, 3.63) is 88.5 Å². The third-order valence-corrected chi connectivity index (χ3v) is 7.40. The fourth-order valence-corrected chi connectivity index (χ4v) is 5.01. The van der Waals surface area contributed by atoms with E-state index in [1.165, 1.54) is 12.1 Å². The first kappa shape index (κ1) is 26.2. The molecule has 0 saturated heterocycles. The summed E-state index contributed by atoms with van der Waals surface area (Å²) in [5.74, 6) is -2.72. The fourth-order valence-electron chi connectivity index (χ4n) is 5.01. The minimum absolute atomic E-state index is 0.0837. The molecule has 4 rings (SSSR count). The number of benzene rings is 3. The van der Waals surface area contributed by atoms with Crippen molar-refractivity contribution >= 4 is 0 Å². The molecule has 0 spiro atoms. The zero-order valence-corrected chi connectivity index (χ0v) is 21.1. The van der Waals surface area contributed by atoms with E-state index in [2.05, 4.69) is 6.92 Å². The van der Waals surface area contributed by atoms with Gasteiger partial charge in [-0.3, -0.25) is 0 Å². The molecule has 0 atom stereocenters. The van der Waals surface area contributed by atoms with E-state index in [1.807, 2.05) is 19.1 Å². The molecule has 0 heterocycles. The molecule has 0 N–H and O–H groups in total. The van der Waals surface area contributed by atoms with Crippen LogP contribution in [-0.2, 0) is 12.8 Å². The summed E-state index contributed by atoms with van der Waals surface area (Å²) >= 11 is 0. The Morgan fingerprint density at radius 3 is 2.17 bits per heavy atom. The molecule has 1 aliphatic rings. The minimum Gasteiger partial charge on any atom is -0.490 e. The summed E-state index contributed by atoms with van der Waals surface area (Å²) in [5, 5.41) is 0. The van der Waals surface area contributed by atoms with Crippen LogP contribution in [0.15, 0.2) is 48.5 Å². The topological polar surface area (TPSA) is 9.23 Å². The monoisotopic (exact) mass is 498 g/mol. The van der Waals surface area contributed by atoms with Gasteiger partial charge in [0.05, 0.1) is 6.61 Å². The van der Waals surface area contributed by atoms with Gasteiger partial charge in [-0.1, -0.05) is 69.5 Å². The van der Waals surface area contributed by atoms with E-state index in [0.29, 0.717) is 42.1 Å². The molecule has 3 aromatic carbocycles. The van der Waals surface area contributed by atoms with Crippen molar-refractivity contribution in [2.45, 2.75) is 71.1 Å². The lowest BCUT2D eigenvalue weighted by molar-refractivity contribution is 0.289. The van der Waals surface area contributed by atoms with Gasteiger partial charge in [-0.15, -0.1) is 0 Å². The Hall–Kier alpha value is -2.82. The minimum atomic E-state index is -0.989. The molecule has 0 radical (unpaired) electrons. The van der Waals surface area contributed by atoms with E-state index in [9.17, 15) is 17.6 Å². The van der Waals surface area contributed by atoms with Crippen molar-refractivity contribution in [3.63, 3.8) is 0 Å². The van der Waals surface area contributed by atoms with Crippen molar-refractivity contribution in [2.75, 3.05) is 6.61 Å². The van der Waals surface area contributed by atoms with Crippen LogP contribution in [-0.4, -0.2) is 6.61 Å². The zero-order chi connectivity index (χ0) is 25.7. The molecule has 0 aromatic heterocycles. The molecule has 0 bridgehead atoms. The van der Waals surface area contributed by atoms with Gasteiger partial charge in [0.2, 0.25) is 5.82 Å². The summed E-state index contributed by atoms with van der Waals surface area (Å²) < 4.78 is 64.1. The van der Waals surface area contributed by atoms with E-state index >= 15 is 0 Å². The number of rotatable bonds is 9. The SMILES string of the molecule is CCCCOc1ccc(-c2ccc(CCc3ccc(C4CCC(C)CC4)c(F)c3F)cc2)c(F)c1F. The van der Waals surface area contributed by atoms with E-state index in [4.69, 9.17) is 4.74 Å². The molecule has 0 unspecified atom stereocenters. The summed E-state index contributed by atoms with van der Waals surface area (Å²) in [6.07, 6.45) is 6.46. The van der Waals surface area contributed by atoms with Crippen molar-refractivity contribution in [2.24, 2.45) is 5.92 Å². The summed E-state index contributed by atoms with van der Waals surface area (Å²) in [4.78, 5) is 0. The summed E-state index contributed by atoms with van der Waals surface area (Å²) in [5.41, 5.74) is 2.46. The molecular weight excluding hydrogens is 464 g/mol. The van der Waals surface area contributed by atoms with Crippen LogP contribution in [0.1, 0.15) is 75.0 Å². The van der Waals surface area contributed by atoms with Gasteiger partial charge in [-0.2, -0.15) is 4.39 Å². The maximum absolute atomic E-state index is 14.8. The quantitative estimate of drug-likeness (QED) is 0.211. The normalized spacial score (nSPS) is 17.8. The van der Waals surface area contributed by atoms with Gasteiger partial charge in [-0.05, 0) is 78.3 Å². The molecule has 1 fully saturated rings. The third-order valence-electron chi connectivity index (χ3n) is 7.40. The maximum Gasteiger partial charge on any atom is 0.201 e. The van der Waals surface area contributed by atoms with E-state index in [-0.39, 0.29) is 17.2 Å². The van der Waals surface area contributed by atoms with Gasteiger partial charge in [-0.25, -0.2) is 13.2 Å². The van der Waals surface area contributed by atoms with Crippen LogP contribution in [0.4, 0.5) is 17.6 Å². The largest absolute Gasteiger partial charge is 0.490 e. The van der Waals surface area contributed by atoms with Crippen LogP contribution in [0.3, 0.4) is 0 Å². The number of ether oxygens (including phenoxy) is 1. The van der Waals surface area contributed by atoms with Crippen molar-refractivity contribution in [3.8, 4) is 16.9 Å². The Morgan fingerprint density at radius 2 is 1.47 bits per heavy atom. The second-order valence-corrected chi connectivity index (χ2v) is 10.0. The van der Waals surface area contributed by atoms with E-state index in [0.717, 1.165) is 44.1 Å². The van der Waals surface area contributed by atoms with Crippen molar-refractivity contribution in [1.29, 1.82) is 0 Å². The van der Waals surface area contributed by atoms with Crippen LogP contribution in [0.25, 0.3) is 11.1 Å². The molecule has 0 amide bonds. The Labute approximate surface area is 211 Å². The highest BCUT2D eigenvalue weighted by Crippen LogP contribution is 2.37. The van der Waals surface area contributed by atoms with Crippen molar-refractivity contribution in [1.82, 2.24) is 0 Å². The molecule has 0 aliphatic heterocycles. The van der Waals surface area contributed by atoms with Crippen LogP contribution in [0, 0.1) is 29.2 Å². The van der Waals surface area contributed by atoms with E-state index < -0.39 is 23.3 Å². The average molecular weight is 499 g/mol. The number of aryl methyl sites for hydroxylation is 2. The molecule has 192 valence electrons. The zero-order valence-electron chi connectivity index (χ0n) is 21.1. The molecule has 36 heavy (non-hydrogen) atoms. The molecule has 5 heteroatoms. The number of hydrogen-bond acceptors (Lipinski definition) is 1. The van der Waals surface area contributed by atoms with Crippen LogP contribution in [0.5, 0.6) is 5.75 Å². The summed E-state index contributed by atoms with van der Waals surface area (Å²) in [7, 11) is 0. The first-order valence-electron chi connectivity index (χ1n) is 13.1. The second kappa shape index (κ2) is 11.9. The van der Waals surface area contributed by atoms with Gasteiger partial charge in [0.15, 0.2) is 23.2 Å². The van der Waals surface area contributed by atoms with Gasteiger partial charge < -0.3 is 4.74 Å². The van der Waals surface area contributed by atoms with Crippen LogP contribution in [0.2, 0.25) is 0 Å². The third kappa shape index (κ3) is 5.93. The van der Waals surface area contributed by atoms with Gasteiger partial charge in [0, 0.05) is 5.56 Å². The van der Waals surface area contributed by atoms with Gasteiger partial charge in [0.25, 0.3) is 0 Å². The average Bonchev–Trinajstić information content (AvgIpc) is 2.89. The standard InChI is InChI=1S/C31H34F4O/c1-3-4-19-36-27-18-17-26(30(34)31(27)35)23-12-7-21(8-13-23)9-14-24-15-16-25(29(33)28(24)32)22-10-5-20(2)6-11-22/h7-8,12-13,15-18,20,22H,3-6,9-11,14,19H2,1-2H3. The maximum atomic E-state index is 14.8. The van der Waals surface area contributed by atoms with Gasteiger partial charge in [0.1, 0.15) is 0 Å². The first-order chi connectivity index (χ1) is 17.4. The second-order valence-electron chi connectivity index (χ2n) is 10.0. The number of hydrogen-bond donors (Lipinski definition) is 0. The first-order valence-corrected chi connectivity index (χ1v) is 13.1. The summed E-state index contributed by atoms with van der Waals surface area (Å²) in [6.45, 7) is 4.54. The molecule has 3 aromatic rings. The fraction of sp³-hybridized carbons (Fsp3) is 0.419. The van der Waals surface area contributed by atoms with Gasteiger partial charge >= 0.3 is 0 Å². The van der Waals surface area contributed by atoms with E-state index in [1.54, 1.807) is 24.3 Å². The summed E-state index contributed by atoms with van der Waals surface area (Å²) in [6, 6.07) is 13.5. The number of unbranched alkanes of at least 4 members (excludes halogenated alkanes) is 1. The molecule has 1 nitrogen and oxygen atoms in total. The highest BCUT2D eigenvalue weighted by atomic mass is 19.2. The smallest absolute Gasteiger partial charge is 0.201 e. The van der Waals surface area contributed by atoms with Crippen molar-refractivity contribution < 1.29 is 22.3 Å². The van der Waals surface area contributed by atoms with Crippen LogP contribution >= 0.6 is 0 Å². The predicted molar refractivity (Wildman–Crippen MR) is 136 cm³/mol. The lowest BCUT2D eigenvalue weighted by Gasteiger charge is -2.27. The highest BCUT2D eigenvalue weighted by Gasteiger charge is 2.24. The Bertz CT molecular complexity index is 1160. The molecule has 1 saturated carbocycles. The Balaban J connectivity index is 1.41. The Kier molecular flexibility index (Phi) is 8.71. The predicted octanol–water partition coefficient (Wildman–Crippen LogP) is 9.17. The lowest BCUT2D eigenvalue weighted by atomic mass is 9.79. The number of halogens is 4.